The smallest absolute Gasteiger partial charge is 0.322 e. The molecular weight excluding hydrogens is 410 g/mol. The lowest BCUT2D eigenvalue weighted by Crippen LogP contribution is -2.34. The number of aromatic hydroxyl groups is 1. The van der Waals surface area contributed by atoms with Gasteiger partial charge in [-0.15, -0.1) is 0 Å². The van der Waals surface area contributed by atoms with E-state index in [2.05, 4.69) is 43.4 Å². The Labute approximate surface area is 185 Å². The number of hydrogen-bond acceptors (Lipinski definition) is 7. The predicted molar refractivity (Wildman–Crippen MR) is 119 cm³/mol. The van der Waals surface area contributed by atoms with Crippen molar-refractivity contribution in [3.8, 4) is 5.75 Å². The van der Waals surface area contributed by atoms with Crippen molar-refractivity contribution in [2.45, 2.75) is 26.2 Å². The van der Waals surface area contributed by atoms with Gasteiger partial charge in [0, 0.05) is 36.8 Å². The molecule has 4 rings (SSSR count). The SMILES string of the molecule is Cc1nc(CC2CCN(c3ccc4ncccc4c3)CC2)nc(C(=O)NCC(=O)O)c1O. The number of carbonyl (C=O) groups is 2. The Balaban J connectivity index is 1.41. The summed E-state index contributed by atoms with van der Waals surface area (Å²) in [6.45, 7) is 2.87. The molecule has 3 heterocycles. The van der Waals surface area contributed by atoms with Crippen LogP contribution in [0.2, 0.25) is 0 Å². The van der Waals surface area contributed by atoms with E-state index in [1.807, 2.05) is 12.1 Å². The molecule has 1 aliphatic rings. The van der Waals surface area contributed by atoms with Gasteiger partial charge in [-0.25, -0.2) is 9.97 Å². The first-order chi connectivity index (χ1) is 15.4. The Kier molecular flexibility index (Phi) is 6.16. The summed E-state index contributed by atoms with van der Waals surface area (Å²) >= 11 is 0. The van der Waals surface area contributed by atoms with Gasteiger partial charge in [0.2, 0.25) is 0 Å². The molecule has 166 valence electrons. The first kappa shape index (κ1) is 21.5. The third kappa shape index (κ3) is 4.77. The number of benzene rings is 1. The van der Waals surface area contributed by atoms with E-state index in [1.165, 1.54) is 5.69 Å². The number of carboxylic acids is 1. The molecule has 0 saturated carbocycles. The van der Waals surface area contributed by atoms with E-state index < -0.39 is 18.4 Å². The van der Waals surface area contributed by atoms with E-state index in [0.717, 1.165) is 36.8 Å². The number of carbonyl (C=O) groups excluding carboxylic acids is 1. The van der Waals surface area contributed by atoms with Gasteiger partial charge in [-0.05, 0) is 49.9 Å². The highest BCUT2D eigenvalue weighted by molar-refractivity contribution is 5.96. The second-order valence-corrected chi connectivity index (χ2v) is 8.01. The maximum Gasteiger partial charge on any atom is 0.322 e. The summed E-state index contributed by atoms with van der Waals surface area (Å²) in [7, 11) is 0. The second kappa shape index (κ2) is 9.17. The molecule has 1 fully saturated rings. The number of fused-ring (bicyclic) bond motifs is 1. The van der Waals surface area contributed by atoms with Crippen LogP contribution in [0.5, 0.6) is 5.75 Å². The molecule has 3 aromatic rings. The summed E-state index contributed by atoms with van der Waals surface area (Å²) in [4.78, 5) is 38.2. The molecule has 9 nitrogen and oxygen atoms in total. The van der Waals surface area contributed by atoms with Gasteiger partial charge in [0.05, 0.1) is 11.2 Å². The van der Waals surface area contributed by atoms with Crippen LogP contribution < -0.4 is 10.2 Å². The maximum absolute atomic E-state index is 12.2. The van der Waals surface area contributed by atoms with Crippen LogP contribution in [0.1, 0.15) is 34.8 Å². The van der Waals surface area contributed by atoms with E-state index in [-0.39, 0.29) is 11.4 Å². The number of aryl methyl sites for hydroxylation is 1. The Morgan fingerprint density at radius 3 is 2.72 bits per heavy atom. The number of hydrogen-bond donors (Lipinski definition) is 3. The number of aromatic nitrogens is 3. The van der Waals surface area contributed by atoms with E-state index in [0.29, 0.717) is 23.9 Å². The van der Waals surface area contributed by atoms with Crippen LogP contribution in [0.15, 0.2) is 36.5 Å². The van der Waals surface area contributed by atoms with Crippen LogP contribution in [0, 0.1) is 12.8 Å². The second-order valence-electron chi connectivity index (χ2n) is 8.01. The van der Waals surface area contributed by atoms with Crippen molar-refractivity contribution in [2.24, 2.45) is 5.92 Å². The average Bonchev–Trinajstić information content (AvgIpc) is 2.80. The third-order valence-corrected chi connectivity index (χ3v) is 5.76. The molecule has 9 heteroatoms. The highest BCUT2D eigenvalue weighted by Gasteiger charge is 2.23. The van der Waals surface area contributed by atoms with Gasteiger partial charge in [0.15, 0.2) is 11.4 Å². The summed E-state index contributed by atoms with van der Waals surface area (Å²) in [6, 6.07) is 10.3. The fraction of sp³-hybridized carbons (Fsp3) is 0.348. The highest BCUT2D eigenvalue weighted by atomic mass is 16.4. The number of anilines is 1. The summed E-state index contributed by atoms with van der Waals surface area (Å²) in [5.74, 6) is -1.38. The van der Waals surface area contributed by atoms with Gasteiger partial charge in [0.25, 0.3) is 5.91 Å². The number of nitrogens with one attached hydrogen (secondary N) is 1. The quantitative estimate of drug-likeness (QED) is 0.538. The van der Waals surface area contributed by atoms with Crippen LogP contribution in [-0.4, -0.2) is 56.7 Å². The molecular formula is C23H25N5O4. The maximum atomic E-state index is 12.2. The lowest BCUT2D eigenvalue weighted by molar-refractivity contribution is -0.135. The standard InChI is InChI=1S/C23H25N5O4/c1-14-22(31)21(23(32)25-13-20(29)30)27-19(26-14)11-15-6-9-28(10-7-15)17-4-5-18-16(12-17)3-2-8-24-18/h2-5,8,12,15,31H,6-7,9-11,13H2,1H3,(H,25,32)(H,29,30). The third-order valence-electron chi connectivity index (χ3n) is 5.76. The molecule has 0 atom stereocenters. The summed E-state index contributed by atoms with van der Waals surface area (Å²) in [6.07, 6.45) is 4.29. The molecule has 1 aliphatic heterocycles. The number of carboxylic acid groups (broad SMARTS) is 1. The van der Waals surface area contributed by atoms with Gasteiger partial charge in [-0.2, -0.15) is 0 Å². The Bertz CT molecular complexity index is 1160. The normalized spacial score (nSPS) is 14.5. The topological polar surface area (TPSA) is 129 Å². The Hall–Kier alpha value is -3.75. The summed E-state index contributed by atoms with van der Waals surface area (Å²) in [5.41, 5.74) is 2.28. The first-order valence-electron chi connectivity index (χ1n) is 10.6. The molecule has 1 saturated heterocycles. The van der Waals surface area contributed by atoms with E-state index in [9.17, 15) is 14.7 Å². The van der Waals surface area contributed by atoms with Gasteiger partial charge < -0.3 is 20.4 Å². The van der Waals surface area contributed by atoms with Crippen molar-refractivity contribution in [1.82, 2.24) is 20.3 Å². The largest absolute Gasteiger partial charge is 0.504 e. The minimum Gasteiger partial charge on any atom is -0.504 e. The van der Waals surface area contributed by atoms with E-state index in [4.69, 9.17) is 5.11 Å². The number of pyridine rings is 1. The monoisotopic (exact) mass is 435 g/mol. The predicted octanol–water partition coefficient (Wildman–Crippen LogP) is 2.31. The van der Waals surface area contributed by atoms with E-state index >= 15 is 0 Å². The highest BCUT2D eigenvalue weighted by Crippen LogP contribution is 2.28. The van der Waals surface area contributed by atoms with Crippen LogP contribution in [-0.2, 0) is 11.2 Å². The molecule has 0 radical (unpaired) electrons. The lowest BCUT2D eigenvalue weighted by Gasteiger charge is -2.33. The molecule has 0 spiro atoms. The van der Waals surface area contributed by atoms with Crippen LogP contribution in [0.25, 0.3) is 10.9 Å². The zero-order valence-electron chi connectivity index (χ0n) is 17.8. The molecule has 2 aromatic heterocycles. The molecule has 3 N–H and O–H groups in total. The molecule has 0 aliphatic carbocycles. The van der Waals surface area contributed by atoms with Crippen LogP contribution in [0.4, 0.5) is 5.69 Å². The number of rotatable bonds is 6. The first-order valence-corrected chi connectivity index (χ1v) is 10.6. The fourth-order valence-electron chi connectivity index (χ4n) is 4.03. The van der Waals surface area contributed by atoms with Crippen molar-refractivity contribution in [2.75, 3.05) is 24.5 Å². The Morgan fingerprint density at radius 1 is 1.19 bits per heavy atom. The minimum atomic E-state index is -1.17. The summed E-state index contributed by atoms with van der Waals surface area (Å²) in [5, 5.41) is 22.3. The molecule has 1 aromatic carbocycles. The van der Waals surface area contributed by atoms with Crippen LogP contribution >= 0.6 is 0 Å². The van der Waals surface area contributed by atoms with Crippen molar-refractivity contribution in [1.29, 1.82) is 0 Å². The summed E-state index contributed by atoms with van der Waals surface area (Å²) < 4.78 is 0. The van der Waals surface area contributed by atoms with Crippen LogP contribution in [0.3, 0.4) is 0 Å². The number of amides is 1. The molecule has 0 unspecified atom stereocenters. The fourth-order valence-corrected chi connectivity index (χ4v) is 4.03. The van der Waals surface area contributed by atoms with Gasteiger partial charge in [-0.1, -0.05) is 6.07 Å². The Morgan fingerprint density at radius 2 is 1.97 bits per heavy atom. The minimum absolute atomic E-state index is 0.184. The zero-order chi connectivity index (χ0) is 22.7. The van der Waals surface area contributed by atoms with Gasteiger partial charge >= 0.3 is 5.97 Å². The average molecular weight is 435 g/mol. The number of nitrogens with zero attached hydrogens (tertiary/aromatic N) is 4. The van der Waals surface area contributed by atoms with Gasteiger partial charge in [-0.3, -0.25) is 14.6 Å². The van der Waals surface area contributed by atoms with Crippen molar-refractivity contribution in [3.63, 3.8) is 0 Å². The van der Waals surface area contributed by atoms with E-state index in [1.54, 1.807) is 13.1 Å². The van der Waals surface area contributed by atoms with Gasteiger partial charge in [0.1, 0.15) is 12.4 Å². The molecule has 32 heavy (non-hydrogen) atoms. The molecule has 1 amide bonds. The lowest BCUT2D eigenvalue weighted by atomic mass is 9.92. The zero-order valence-corrected chi connectivity index (χ0v) is 17.8. The van der Waals surface area contributed by atoms with Crippen molar-refractivity contribution >= 4 is 28.5 Å². The molecule has 0 bridgehead atoms. The van der Waals surface area contributed by atoms with Crippen molar-refractivity contribution in [3.05, 3.63) is 53.7 Å². The number of piperidine rings is 1. The number of aliphatic carboxylic acids is 1. The van der Waals surface area contributed by atoms with Crippen molar-refractivity contribution < 1.29 is 19.8 Å².